The number of amides is 1. The van der Waals surface area contributed by atoms with Crippen LogP contribution in [-0.4, -0.2) is 30.1 Å². The summed E-state index contributed by atoms with van der Waals surface area (Å²) in [5, 5.41) is 14.1. The van der Waals surface area contributed by atoms with E-state index in [4.69, 9.17) is 9.47 Å². The molecule has 178 valence electrons. The summed E-state index contributed by atoms with van der Waals surface area (Å²) in [6.07, 6.45) is 8.24. The smallest absolute Gasteiger partial charge is 0.328 e. The highest BCUT2D eigenvalue weighted by Crippen LogP contribution is 2.51. The number of ether oxygens (including phenoxy) is 2. The number of carbonyl (C=O) groups excluding carboxylic acids is 2. The lowest BCUT2D eigenvalue weighted by atomic mass is 9.83. The van der Waals surface area contributed by atoms with E-state index < -0.39 is 23.5 Å². The number of nitrogens with one attached hydrogen (secondary N) is 1. The van der Waals surface area contributed by atoms with Gasteiger partial charge in [0, 0.05) is 12.0 Å². The van der Waals surface area contributed by atoms with E-state index in [9.17, 15) is 14.7 Å². The molecule has 2 aromatic rings. The summed E-state index contributed by atoms with van der Waals surface area (Å²) in [5.41, 5.74) is 4.34. The summed E-state index contributed by atoms with van der Waals surface area (Å²) >= 11 is 0. The van der Waals surface area contributed by atoms with Crippen LogP contribution in [0.4, 0.5) is 0 Å². The fourth-order valence-electron chi connectivity index (χ4n) is 4.74. The molecule has 1 heterocycles. The first-order chi connectivity index (χ1) is 16.1. The van der Waals surface area contributed by atoms with E-state index in [1.165, 1.54) is 7.11 Å². The Hall–Kier alpha value is -3.54. The lowest BCUT2D eigenvalue weighted by Crippen LogP contribution is -2.42. The highest BCUT2D eigenvalue weighted by atomic mass is 16.5. The summed E-state index contributed by atoms with van der Waals surface area (Å²) < 4.78 is 11.2. The van der Waals surface area contributed by atoms with E-state index in [-0.39, 0.29) is 11.3 Å². The molecule has 0 bridgehead atoms. The van der Waals surface area contributed by atoms with E-state index in [0.717, 1.165) is 35.1 Å². The van der Waals surface area contributed by atoms with Crippen molar-refractivity contribution >= 4 is 11.9 Å². The monoisotopic (exact) mass is 461 g/mol. The predicted octanol–water partition coefficient (Wildman–Crippen LogP) is 5.24. The van der Waals surface area contributed by atoms with E-state index in [1.807, 2.05) is 51.1 Å². The van der Waals surface area contributed by atoms with Crippen LogP contribution in [0, 0.1) is 13.8 Å². The second-order valence-electron chi connectivity index (χ2n) is 9.46. The van der Waals surface area contributed by atoms with Crippen molar-refractivity contribution in [1.29, 1.82) is 0 Å². The predicted molar refractivity (Wildman–Crippen MR) is 131 cm³/mol. The van der Waals surface area contributed by atoms with Crippen molar-refractivity contribution in [2.24, 2.45) is 0 Å². The fourth-order valence-corrected chi connectivity index (χ4v) is 4.74. The quantitative estimate of drug-likeness (QED) is 0.595. The molecule has 0 unspecified atom stereocenters. The summed E-state index contributed by atoms with van der Waals surface area (Å²) in [7, 11) is 1.30. The van der Waals surface area contributed by atoms with Crippen LogP contribution in [-0.2, 0) is 15.1 Å². The maximum atomic E-state index is 13.4. The van der Waals surface area contributed by atoms with Gasteiger partial charge in [0.05, 0.1) is 18.2 Å². The minimum absolute atomic E-state index is 0.122. The van der Waals surface area contributed by atoms with Gasteiger partial charge in [-0.15, -0.1) is 0 Å². The maximum Gasteiger partial charge on any atom is 0.328 e. The molecule has 0 spiro atoms. The van der Waals surface area contributed by atoms with Gasteiger partial charge in [-0.05, 0) is 63.3 Å². The van der Waals surface area contributed by atoms with Gasteiger partial charge in [-0.1, -0.05) is 42.0 Å². The molecule has 2 aromatic carbocycles. The number of hydrogen-bond donors (Lipinski definition) is 2. The van der Waals surface area contributed by atoms with Crippen molar-refractivity contribution in [3.63, 3.8) is 0 Å². The van der Waals surface area contributed by atoms with Gasteiger partial charge in [0.2, 0.25) is 0 Å². The third kappa shape index (κ3) is 4.32. The molecular weight excluding hydrogens is 430 g/mol. The molecule has 0 aromatic heterocycles. The molecule has 0 saturated carbocycles. The van der Waals surface area contributed by atoms with Crippen molar-refractivity contribution < 1.29 is 24.2 Å². The summed E-state index contributed by atoms with van der Waals surface area (Å²) in [5.74, 6) is -0.700. The van der Waals surface area contributed by atoms with Gasteiger partial charge in [0.1, 0.15) is 23.1 Å². The third-order valence-corrected chi connectivity index (χ3v) is 6.45. The zero-order chi connectivity index (χ0) is 24.6. The number of methoxy groups -OCH3 is 1. The molecule has 2 aliphatic rings. The Morgan fingerprint density at radius 1 is 1.21 bits per heavy atom. The van der Waals surface area contributed by atoms with Crippen LogP contribution < -0.4 is 10.1 Å². The van der Waals surface area contributed by atoms with Crippen molar-refractivity contribution in [2.45, 2.75) is 58.6 Å². The number of benzene rings is 2. The largest absolute Gasteiger partial charge is 0.506 e. The maximum absolute atomic E-state index is 13.4. The zero-order valence-electron chi connectivity index (χ0n) is 20.3. The number of allylic oxidation sites excluding steroid dienone is 3. The molecule has 0 saturated heterocycles. The second kappa shape index (κ2) is 9.01. The molecule has 1 aliphatic carbocycles. The van der Waals surface area contributed by atoms with E-state index >= 15 is 0 Å². The average molecular weight is 462 g/mol. The van der Waals surface area contributed by atoms with Crippen LogP contribution in [0.1, 0.15) is 60.2 Å². The third-order valence-electron chi connectivity index (χ3n) is 6.45. The molecule has 0 fully saturated rings. The van der Waals surface area contributed by atoms with Crippen LogP contribution in [0.3, 0.4) is 0 Å². The zero-order valence-corrected chi connectivity index (χ0v) is 20.3. The van der Waals surface area contributed by atoms with E-state index in [1.54, 1.807) is 13.0 Å². The highest BCUT2D eigenvalue weighted by molar-refractivity contribution is 6.03. The number of aryl methyl sites for hydroxylation is 2. The second-order valence-corrected chi connectivity index (χ2v) is 9.46. The summed E-state index contributed by atoms with van der Waals surface area (Å²) in [6.45, 7) is 7.69. The SMILES string of the molecule is COC(=O)[C@H](CC1=CCCC=C1)NC(=O)c1c(C)cc2c(c1O)-c1cc(C)ccc1C(C)(C)O2. The molecule has 1 atom stereocenters. The highest BCUT2D eigenvalue weighted by Gasteiger charge is 2.36. The summed E-state index contributed by atoms with van der Waals surface area (Å²) in [6, 6.07) is 6.89. The number of hydrogen-bond acceptors (Lipinski definition) is 5. The fraction of sp³-hybridized carbons (Fsp3) is 0.357. The van der Waals surface area contributed by atoms with Gasteiger partial charge in [0.25, 0.3) is 5.91 Å². The number of esters is 1. The lowest BCUT2D eigenvalue weighted by Gasteiger charge is -2.36. The Balaban J connectivity index is 1.73. The van der Waals surface area contributed by atoms with Crippen molar-refractivity contribution in [1.82, 2.24) is 5.32 Å². The first-order valence-electron chi connectivity index (χ1n) is 11.5. The normalized spacial score (nSPS) is 16.4. The Kier molecular flexibility index (Phi) is 6.26. The molecule has 6 heteroatoms. The first kappa shape index (κ1) is 23.6. The molecule has 0 radical (unpaired) electrons. The number of phenolic OH excluding ortho intramolecular Hbond substituents is 1. The topological polar surface area (TPSA) is 84.9 Å². The van der Waals surface area contributed by atoms with Crippen LogP contribution in [0.15, 0.2) is 48.1 Å². The molecule has 34 heavy (non-hydrogen) atoms. The number of fused-ring (bicyclic) bond motifs is 3. The molecule has 6 nitrogen and oxygen atoms in total. The van der Waals surface area contributed by atoms with E-state index in [2.05, 4.69) is 11.4 Å². The van der Waals surface area contributed by atoms with Gasteiger partial charge in [-0.2, -0.15) is 0 Å². The Bertz CT molecular complexity index is 1220. The van der Waals surface area contributed by atoms with Crippen LogP contribution in [0.5, 0.6) is 11.5 Å². The van der Waals surface area contributed by atoms with Crippen LogP contribution in [0.2, 0.25) is 0 Å². The number of phenols is 1. The van der Waals surface area contributed by atoms with Gasteiger partial charge in [-0.3, -0.25) is 4.79 Å². The lowest BCUT2D eigenvalue weighted by molar-refractivity contribution is -0.142. The Morgan fingerprint density at radius 2 is 1.97 bits per heavy atom. The van der Waals surface area contributed by atoms with Gasteiger partial charge in [-0.25, -0.2) is 4.79 Å². The average Bonchev–Trinajstić information content (AvgIpc) is 2.77. The van der Waals surface area contributed by atoms with Gasteiger partial charge < -0.3 is 19.9 Å². The minimum Gasteiger partial charge on any atom is -0.506 e. The molecular formula is C28H31NO5. The Morgan fingerprint density at radius 3 is 2.65 bits per heavy atom. The molecule has 1 amide bonds. The molecule has 1 aliphatic heterocycles. The first-order valence-corrected chi connectivity index (χ1v) is 11.5. The van der Waals surface area contributed by atoms with Crippen LogP contribution in [0.25, 0.3) is 11.1 Å². The number of aromatic hydroxyl groups is 1. The van der Waals surface area contributed by atoms with Crippen molar-refractivity contribution in [3.05, 3.63) is 70.3 Å². The van der Waals surface area contributed by atoms with Crippen LogP contribution >= 0.6 is 0 Å². The van der Waals surface area contributed by atoms with E-state index in [0.29, 0.717) is 23.3 Å². The van der Waals surface area contributed by atoms with Crippen molar-refractivity contribution in [3.8, 4) is 22.6 Å². The minimum atomic E-state index is -0.869. The van der Waals surface area contributed by atoms with Crippen molar-refractivity contribution in [2.75, 3.05) is 7.11 Å². The van der Waals surface area contributed by atoms with Gasteiger partial charge >= 0.3 is 5.97 Å². The number of rotatable bonds is 5. The molecule has 2 N–H and O–H groups in total. The summed E-state index contributed by atoms with van der Waals surface area (Å²) in [4.78, 5) is 25.9. The number of carbonyl (C=O) groups is 2. The standard InChI is InChI=1S/C28H31NO5/c1-16-11-12-20-19(13-16)24-22(34-28(20,3)4)14-17(2)23(25(24)30)26(31)29-21(27(32)33-5)15-18-9-7-6-8-10-18/h7,9-14,21,30H,6,8,15H2,1-5H3,(H,29,31)/t21-/m0/s1. The Labute approximate surface area is 200 Å². The van der Waals surface area contributed by atoms with Gasteiger partial charge in [0.15, 0.2) is 0 Å². The molecule has 4 rings (SSSR count).